The van der Waals surface area contributed by atoms with Gasteiger partial charge in [-0.05, 0) is 30.4 Å². The van der Waals surface area contributed by atoms with E-state index in [1.165, 1.54) is 6.07 Å². The van der Waals surface area contributed by atoms with Crippen molar-refractivity contribution in [2.45, 2.75) is 44.2 Å². The molecule has 1 fully saturated rings. The Labute approximate surface area is 121 Å². The maximum Gasteiger partial charge on any atom is 0.401 e. The predicted octanol–water partition coefficient (Wildman–Crippen LogP) is 4.86. The minimum Gasteiger partial charge on any atom is -0.424 e. The molecular formula is C14H18F3O3P. The summed E-state index contributed by atoms with van der Waals surface area (Å²) < 4.78 is 53.4. The SMILES string of the molecule is O=P(O)(CC(F)(F)F)Oc1ccccc1C1CCCCC1. The molecule has 1 aromatic rings. The predicted molar refractivity (Wildman–Crippen MR) is 73.6 cm³/mol. The Morgan fingerprint density at radius 1 is 1.19 bits per heavy atom. The second-order valence-corrected chi connectivity index (χ2v) is 7.15. The topological polar surface area (TPSA) is 46.5 Å². The Kier molecular flexibility index (Phi) is 4.99. The zero-order valence-corrected chi connectivity index (χ0v) is 12.4. The molecule has 21 heavy (non-hydrogen) atoms. The number of halogens is 3. The highest BCUT2D eigenvalue weighted by molar-refractivity contribution is 7.53. The molecule has 0 aromatic heterocycles. The van der Waals surface area contributed by atoms with Crippen LogP contribution >= 0.6 is 7.60 Å². The third-order valence-electron chi connectivity index (χ3n) is 3.58. The van der Waals surface area contributed by atoms with Gasteiger partial charge in [-0.1, -0.05) is 37.5 Å². The van der Waals surface area contributed by atoms with Crippen LogP contribution in [-0.2, 0) is 4.57 Å². The van der Waals surface area contributed by atoms with Crippen molar-refractivity contribution in [2.24, 2.45) is 0 Å². The monoisotopic (exact) mass is 322 g/mol. The lowest BCUT2D eigenvalue weighted by molar-refractivity contribution is -0.109. The molecule has 1 aliphatic carbocycles. The fraction of sp³-hybridized carbons (Fsp3) is 0.571. The van der Waals surface area contributed by atoms with E-state index in [1.54, 1.807) is 18.2 Å². The Hall–Kier alpha value is -1.00. The first-order valence-corrected chi connectivity index (χ1v) is 8.70. The molecule has 1 aliphatic rings. The van der Waals surface area contributed by atoms with Crippen molar-refractivity contribution >= 4 is 7.60 Å². The highest BCUT2D eigenvalue weighted by Gasteiger charge is 2.40. The molecule has 1 aromatic carbocycles. The van der Waals surface area contributed by atoms with Crippen LogP contribution in [0.3, 0.4) is 0 Å². The van der Waals surface area contributed by atoms with E-state index >= 15 is 0 Å². The molecular weight excluding hydrogens is 304 g/mol. The summed E-state index contributed by atoms with van der Waals surface area (Å²) in [4.78, 5) is 9.44. The van der Waals surface area contributed by atoms with Crippen molar-refractivity contribution in [1.82, 2.24) is 0 Å². The van der Waals surface area contributed by atoms with Crippen LogP contribution in [0.1, 0.15) is 43.6 Å². The molecule has 7 heteroatoms. The molecule has 1 saturated carbocycles. The quantitative estimate of drug-likeness (QED) is 0.805. The highest BCUT2D eigenvalue weighted by atomic mass is 31.2. The average Bonchev–Trinajstić information content (AvgIpc) is 2.37. The van der Waals surface area contributed by atoms with Gasteiger partial charge < -0.3 is 9.42 Å². The lowest BCUT2D eigenvalue weighted by Gasteiger charge is -2.25. The summed E-state index contributed by atoms with van der Waals surface area (Å²) >= 11 is 0. The second-order valence-electron chi connectivity index (χ2n) is 5.37. The Morgan fingerprint density at radius 3 is 2.43 bits per heavy atom. The maximum absolute atomic E-state index is 12.3. The Morgan fingerprint density at radius 2 is 1.81 bits per heavy atom. The molecule has 3 nitrogen and oxygen atoms in total. The van der Waals surface area contributed by atoms with Crippen molar-refractivity contribution < 1.29 is 27.2 Å². The van der Waals surface area contributed by atoms with Crippen molar-refractivity contribution in [3.63, 3.8) is 0 Å². The van der Waals surface area contributed by atoms with Gasteiger partial charge in [0.15, 0.2) is 6.16 Å². The molecule has 1 atom stereocenters. The van der Waals surface area contributed by atoms with Crippen LogP contribution in [0.25, 0.3) is 0 Å². The average molecular weight is 322 g/mol. The van der Waals surface area contributed by atoms with Crippen molar-refractivity contribution in [2.75, 3.05) is 6.16 Å². The van der Waals surface area contributed by atoms with E-state index in [-0.39, 0.29) is 11.7 Å². The number of benzene rings is 1. The summed E-state index contributed by atoms with van der Waals surface area (Å²) in [7, 11) is -4.74. The number of alkyl halides is 3. The third kappa shape index (κ3) is 5.04. The maximum atomic E-state index is 12.3. The van der Waals surface area contributed by atoms with Crippen LogP contribution in [0.15, 0.2) is 24.3 Å². The van der Waals surface area contributed by atoms with E-state index in [0.717, 1.165) is 37.7 Å². The van der Waals surface area contributed by atoms with Crippen LogP contribution in [0, 0.1) is 0 Å². The van der Waals surface area contributed by atoms with Crippen LogP contribution in [0.4, 0.5) is 13.2 Å². The smallest absolute Gasteiger partial charge is 0.401 e. The normalized spacial score (nSPS) is 20.0. The van der Waals surface area contributed by atoms with Gasteiger partial charge in [0.2, 0.25) is 0 Å². The van der Waals surface area contributed by atoms with Gasteiger partial charge in [-0.3, -0.25) is 0 Å². The van der Waals surface area contributed by atoms with Crippen LogP contribution in [0.5, 0.6) is 5.75 Å². The van der Waals surface area contributed by atoms with E-state index in [9.17, 15) is 22.6 Å². The standard InChI is InChI=1S/C14H18F3O3P/c15-14(16,17)10-21(18,19)20-13-9-5-4-8-12(13)11-6-2-1-3-7-11/h4-5,8-9,11H,1-3,6-7,10H2,(H,18,19). The fourth-order valence-corrected chi connectivity index (χ4v) is 3.72. The summed E-state index contributed by atoms with van der Waals surface area (Å²) in [5.41, 5.74) is 0.730. The number of hydrogen-bond acceptors (Lipinski definition) is 2. The zero-order valence-electron chi connectivity index (χ0n) is 11.5. The summed E-state index contributed by atoms with van der Waals surface area (Å²) in [6.45, 7) is 0. The molecule has 118 valence electrons. The first-order valence-electron chi connectivity index (χ1n) is 6.94. The summed E-state index contributed by atoms with van der Waals surface area (Å²) in [6, 6.07) is 6.58. The van der Waals surface area contributed by atoms with Gasteiger partial charge in [-0.15, -0.1) is 0 Å². The minimum absolute atomic E-state index is 0.0967. The van der Waals surface area contributed by atoms with E-state index in [4.69, 9.17) is 4.52 Å². The van der Waals surface area contributed by atoms with Crippen molar-refractivity contribution in [3.8, 4) is 5.75 Å². The molecule has 2 rings (SSSR count). The second kappa shape index (κ2) is 6.41. The van der Waals surface area contributed by atoms with E-state index in [0.29, 0.717) is 0 Å². The van der Waals surface area contributed by atoms with Crippen LogP contribution in [0.2, 0.25) is 0 Å². The first kappa shape index (κ1) is 16.4. The summed E-state index contributed by atoms with van der Waals surface area (Å²) in [6.07, 6.45) is -1.46. The number of hydrogen-bond donors (Lipinski definition) is 1. The Balaban J connectivity index is 2.18. The van der Waals surface area contributed by atoms with Gasteiger partial charge in [0.05, 0.1) is 0 Å². The molecule has 0 aliphatic heterocycles. The largest absolute Gasteiger partial charge is 0.424 e. The van der Waals surface area contributed by atoms with Gasteiger partial charge in [0, 0.05) is 0 Å². The molecule has 0 spiro atoms. The van der Waals surface area contributed by atoms with E-state index in [2.05, 4.69) is 0 Å². The zero-order chi connectivity index (χ0) is 15.5. The molecule has 0 heterocycles. The fourth-order valence-electron chi connectivity index (χ4n) is 2.73. The molecule has 1 unspecified atom stereocenters. The molecule has 0 bridgehead atoms. The first-order chi connectivity index (χ1) is 9.77. The number of para-hydroxylation sites is 1. The van der Waals surface area contributed by atoms with Crippen LogP contribution < -0.4 is 4.52 Å². The lowest BCUT2D eigenvalue weighted by Crippen LogP contribution is -2.17. The third-order valence-corrected chi connectivity index (χ3v) is 4.82. The van der Waals surface area contributed by atoms with Crippen molar-refractivity contribution in [3.05, 3.63) is 29.8 Å². The molecule has 0 radical (unpaired) electrons. The van der Waals surface area contributed by atoms with Gasteiger partial charge >= 0.3 is 13.8 Å². The number of rotatable bonds is 4. The highest BCUT2D eigenvalue weighted by Crippen LogP contribution is 2.49. The molecule has 0 amide bonds. The molecule has 1 N–H and O–H groups in total. The molecule has 0 saturated heterocycles. The lowest BCUT2D eigenvalue weighted by atomic mass is 9.84. The van der Waals surface area contributed by atoms with Gasteiger partial charge in [-0.25, -0.2) is 4.57 Å². The minimum atomic E-state index is -4.74. The Bertz CT molecular complexity index is 524. The van der Waals surface area contributed by atoms with E-state index in [1.807, 2.05) is 0 Å². The summed E-state index contributed by atoms with van der Waals surface area (Å²) in [5.74, 6) is 0.278. The van der Waals surface area contributed by atoms with Crippen molar-refractivity contribution in [1.29, 1.82) is 0 Å². The van der Waals surface area contributed by atoms with Gasteiger partial charge in [0.1, 0.15) is 5.75 Å². The van der Waals surface area contributed by atoms with Gasteiger partial charge in [0.25, 0.3) is 0 Å². The summed E-state index contributed by atoms with van der Waals surface area (Å²) in [5, 5.41) is 0. The van der Waals surface area contributed by atoms with Crippen LogP contribution in [-0.4, -0.2) is 17.2 Å². The van der Waals surface area contributed by atoms with E-state index < -0.39 is 19.9 Å². The van der Waals surface area contributed by atoms with Gasteiger partial charge in [-0.2, -0.15) is 13.2 Å².